The molecule has 1 atom stereocenters. The molecule has 0 heterocycles. The first-order valence-electron chi connectivity index (χ1n) is 7.02. The van der Waals surface area contributed by atoms with Gasteiger partial charge < -0.3 is 5.32 Å². The SMILES string of the molecule is CCCCCC(C)NCc1ccc(C)c([N+](=O)[O-])c1. The van der Waals surface area contributed by atoms with Crippen molar-refractivity contribution in [2.45, 2.75) is 59.0 Å². The molecule has 0 saturated carbocycles. The van der Waals surface area contributed by atoms with Gasteiger partial charge in [-0.3, -0.25) is 10.1 Å². The van der Waals surface area contributed by atoms with E-state index in [0.29, 0.717) is 18.2 Å². The number of hydrogen-bond acceptors (Lipinski definition) is 3. The van der Waals surface area contributed by atoms with E-state index in [4.69, 9.17) is 0 Å². The highest BCUT2D eigenvalue weighted by atomic mass is 16.6. The number of unbranched alkanes of at least 4 members (excludes halogenated alkanes) is 2. The Hall–Kier alpha value is -1.42. The second-order valence-corrected chi connectivity index (χ2v) is 5.16. The lowest BCUT2D eigenvalue weighted by molar-refractivity contribution is -0.385. The van der Waals surface area contributed by atoms with Gasteiger partial charge in [0.25, 0.3) is 5.69 Å². The van der Waals surface area contributed by atoms with Crippen LogP contribution in [0, 0.1) is 17.0 Å². The summed E-state index contributed by atoms with van der Waals surface area (Å²) < 4.78 is 0. The zero-order chi connectivity index (χ0) is 14.3. The molecular weight excluding hydrogens is 240 g/mol. The van der Waals surface area contributed by atoms with E-state index in [1.165, 1.54) is 19.3 Å². The Morgan fingerprint density at radius 3 is 2.74 bits per heavy atom. The number of nitrogens with one attached hydrogen (secondary N) is 1. The highest BCUT2D eigenvalue weighted by molar-refractivity contribution is 5.42. The van der Waals surface area contributed by atoms with Crippen LogP contribution in [0.5, 0.6) is 0 Å². The van der Waals surface area contributed by atoms with Crippen LogP contribution in [0.25, 0.3) is 0 Å². The van der Waals surface area contributed by atoms with Crippen LogP contribution < -0.4 is 5.32 Å². The molecule has 0 saturated heterocycles. The Balaban J connectivity index is 2.49. The summed E-state index contributed by atoms with van der Waals surface area (Å²) in [6.45, 7) is 6.82. The number of hydrogen-bond donors (Lipinski definition) is 1. The van der Waals surface area contributed by atoms with Crippen molar-refractivity contribution in [1.82, 2.24) is 5.32 Å². The summed E-state index contributed by atoms with van der Waals surface area (Å²) >= 11 is 0. The number of nitro groups is 1. The molecule has 4 heteroatoms. The zero-order valence-electron chi connectivity index (χ0n) is 12.1. The molecule has 0 aromatic heterocycles. The van der Waals surface area contributed by atoms with Gasteiger partial charge in [0.15, 0.2) is 0 Å². The summed E-state index contributed by atoms with van der Waals surface area (Å²) in [7, 11) is 0. The molecule has 0 radical (unpaired) electrons. The Bertz CT molecular complexity index is 419. The molecular formula is C15H24N2O2. The van der Waals surface area contributed by atoms with Crippen LogP contribution in [0.3, 0.4) is 0 Å². The molecule has 1 aromatic carbocycles. The third kappa shape index (κ3) is 5.39. The molecule has 1 unspecified atom stereocenters. The quantitative estimate of drug-likeness (QED) is 0.439. The topological polar surface area (TPSA) is 55.2 Å². The van der Waals surface area contributed by atoms with Gasteiger partial charge in [-0.1, -0.05) is 38.3 Å². The molecule has 0 amide bonds. The summed E-state index contributed by atoms with van der Waals surface area (Å²) in [5.74, 6) is 0. The summed E-state index contributed by atoms with van der Waals surface area (Å²) in [5, 5.41) is 14.3. The van der Waals surface area contributed by atoms with E-state index < -0.39 is 0 Å². The molecule has 19 heavy (non-hydrogen) atoms. The molecule has 0 spiro atoms. The lowest BCUT2D eigenvalue weighted by atomic mass is 10.1. The van der Waals surface area contributed by atoms with Crippen molar-refractivity contribution in [3.05, 3.63) is 39.4 Å². The number of rotatable bonds is 8. The van der Waals surface area contributed by atoms with Gasteiger partial charge in [0.1, 0.15) is 0 Å². The van der Waals surface area contributed by atoms with Crippen LogP contribution in [0.15, 0.2) is 18.2 Å². The van der Waals surface area contributed by atoms with Crippen LogP contribution in [-0.2, 0) is 6.54 Å². The molecule has 0 aliphatic rings. The van der Waals surface area contributed by atoms with Crippen molar-refractivity contribution >= 4 is 5.69 Å². The van der Waals surface area contributed by atoms with E-state index in [1.807, 2.05) is 12.1 Å². The van der Waals surface area contributed by atoms with Crippen LogP contribution in [0.1, 0.15) is 50.7 Å². The Kier molecular flexibility index (Phi) is 6.50. The van der Waals surface area contributed by atoms with E-state index >= 15 is 0 Å². The predicted molar refractivity (Wildman–Crippen MR) is 78.3 cm³/mol. The van der Waals surface area contributed by atoms with Gasteiger partial charge in [-0.2, -0.15) is 0 Å². The molecule has 0 aliphatic heterocycles. The summed E-state index contributed by atoms with van der Waals surface area (Å²) in [6.07, 6.45) is 4.89. The first kappa shape index (κ1) is 15.6. The lowest BCUT2D eigenvalue weighted by Crippen LogP contribution is -2.25. The first-order valence-corrected chi connectivity index (χ1v) is 7.02. The van der Waals surface area contributed by atoms with Crippen LogP contribution in [0.4, 0.5) is 5.69 Å². The van der Waals surface area contributed by atoms with Crippen LogP contribution in [0.2, 0.25) is 0 Å². The maximum atomic E-state index is 10.9. The van der Waals surface area contributed by atoms with E-state index in [1.54, 1.807) is 13.0 Å². The third-order valence-electron chi connectivity index (χ3n) is 3.37. The summed E-state index contributed by atoms with van der Waals surface area (Å²) in [5.41, 5.74) is 1.89. The van der Waals surface area contributed by atoms with Crippen LogP contribution >= 0.6 is 0 Å². The highest BCUT2D eigenvalue weighted by Crippen LogP contribution is 2.19. The Labute approximate surface area is 115 Å². The standard InChI is InChI=1S/C15H24N2O2/c1-4-5-6-7-13(3)16-11-14-9-8-12(2)15(10-14)17(18)19/h8-10,13,16H,4-7,11H2,1-3H3. The predicted octanol–water partition coefficient (Wildman–Crippen LogP) is 3.96. The van der Waals surface area contributed by atoms with E-state index in [-0.39, 0.29) is 10.6 Å². The van der Waals surface area contributed by atoms with Gasteiger partial charge in [0, 0.05) is 24.2 Å². The number of aryl methyl sites for hydroxylation is 1. The molecule has 4 nitrogen and oxygen atoms in total. The number of benzene rings is 1. The van der Waals surface area contributed by atoms with Gasteiger partial charge in [0.05, 0.1) is 4.92 Å². The molecule has 0 aliphatic carbocycles. The van der Waals surface area contributed by atoms with Gasteiger partial charge in [-0.25, -0.2) is 0 Å². The maximum absolute atomic E-state index is 10.9. The minimum Gasteiger partial charge on any atom is -0.310 e. The highest BCUT2D eigenvalue weighted by Gasteiger charge is 2.11. The van der Waals surface area contributed by atoms with E-state index in [2.05, 4.69) is 19.2 Å². The fourth-order valence-corrected chi connectivity index (χ4v) is 2.06. The fourth-order valence-electron chi connectivity index (χ4n) is 2.06. The molecule has 0 bridgehead atoms. The number of nitrogens with zero attached hydrogens (tertiary/aromatic N) is 1. The van der Waals surface area contributed by atoms with Crippen molar-refractivity contribution in [2.24, 2.45) is 0 Å². The second kappa shape index (κ2) is 7.89. The summed E-state index contributed by atoms with van der Waals surface area (Å²) in [4.78, 5) is 10.6. The zero-order valence-corrected chi connectivity index (χ0v) is 12.1. The average Bonchev–Trinajstić information content (AvgIpc) is 2.37. The number of nitro benzene ring substituents is 1. The Morgan fingerprint density at radius 1 is 1.37 bits per heavy atom. The minimum absolute atomic E-state index is 0.206. The van der Waals surface area contributed by atoms with Gasteiger partial charge in [0.2, 0.25) is 0 Å². The van der Waals surface area contributed by atoms with Crippen molar-refractivity contribution in [1.29, 1.82) is 0 Å². The monoisotopic (exact) mass is 264 g/mol. The fraction of sp³-hybridized carbons (Fsp3) is 0.600. The molecule has 1 rings (SSSR count). The van der Waals surface area contributed by atoms with Gasteiger partial charge in [-0.05, 0) is 25.8 Å². The molecule has 106 valence electrons. The smallest absolute Gasteiger partial charge is 0.272 e. The molecule has 1 N–H and O–H groups in total. The normalized spacial score (nSPS) is 12.4. The molecule has 1 aromatic rings. The molecule has 0 fully saturated rings. The lowest BCUT2D eigenvalue weighted by Gasteiger charge is -2.13. The minimum atomic E-state index is -0.316. The third-order valence-corrected chi connectivity index (χ3v) is 3.37. The first-order chi connectivity index (χ1) is 9.04. The maximum Gasteiger partial charge on any atom is 0.272 e. The van der Waals surface area contributed by atoms with E-state index in [9.17, 15) is 10.1 Å². The van der Waals surface area contributed by atoms with Crippen molar-refractivity contribution in [2.75, 3.05) is 0 Å². The largest absolute Gasteiger partial charge is 0.310 e. The van der Waals surface area contributed by atoms with Crippen molar-refractivity contribution in [3.8, 4) is 0 Å². The summed E-state index contributed by atoms with van der Waals surface area (Å²) in [6, 6.07) is 5.89. The van der Waals surface area contributed by atoms with Gasteiger partial charge in [-0.15, -0.1) is 0 Å². The van der Waals surface area contributed by atoms with E-state index in [0.717, 1.165) is 12.0 Å². The van der Waals surface area contributed by atoms with Crippen LogP contribution in [-0.4, -0.2) is 11.0 Å². The van der Waals surface area contributed by atoms with Gasteiger partial charge >= 0.3 is 0 Å². The second-order valence-electron chi connectivity index (χ2n) is 5.16. The van der Waals surface area contributed by atoms with Crippen molar-refractivity contribution in [3.63, 3.8) is 0 Å². The van der Waals surface area contributed by atoms with Crippen molar-refractivity contribution < 1.29 is 4.92 Å². The average molecular weight is 264 g/mol. The Morgan fingerprint density at radius 2 is 2.11 bits per heavy atom.